The molecule has 0 fully saturated rings. The lowest BCUT2D eigenvalue weighted by atomic mass is 10.1. The molecule has 1 aromatic heterocycles. The smallest absolute Gasteiger partial charge is 0.0388 e. The summed E-state index contributed by atoms with van der Waals surface area (Å²) < 4.78 is 0. The van der Waals surface area contributed by atoms with Crippen molar-refractivity contribution < 1.29 is 0 Å². The maximum absolute atomic E-state index is 3.63. The molecule has 1 nitrogen and oxygen atoms in total. The second-order valence-electron chi connectivity index (χ2n) is 3.42. The summed E-state index contributed by atoms with van der Waals surface area (Å²) in [4.78, 5) is 1.44. The highest BCUT2D eigenvalue weighted by Crippen LogP contribution is 2.19. The van der Waals surface area contributed by atoms with Crippen LogP contribution in [0.15, 0.2) is 17.5 Å². The summed E-state index contributed by atoms with van der Waals surface area (Å²) in [5.41, 5.74) is 0. The molecular weight excluding hydrogens is 178 g/mol. The van der Waals surface area contributed by atoms with E-state index < -0.39 is 0 Å². The number of nitrogens with one attached hydrogen (secondary N) is 1. The van der Waals surface area contributed by atoms with Gasteiger partial charge in [0.15, 0.2) is 0 Å². The molecule has 13 heavy (non-hydrogen) atoms. The fourth-order valence-electron chi connectivity index (χ4n) is 1.50. The van der Waals surface area contributed by atoms with Crippen LogP contribution in [0.1, 0.15) is 44.5 Å². The van der Waals surface area contributed by atoms with E-state index in [0.29, 0.717) is 12.1 Å². The van der Waals surface area contributed by atoms with Crippen LogP contribution in [0, 0.1) is 0 Å². The third-order valence-corrected chi connectivity index (χ3v) is 3.50. The van der Waals surface area contributed by atoms with E-state index in [4.69, 9.17) is 0 Å². The van der Waals surface area contributed by atoms with Gasteiger partial charge in [-0.2, -0.15) is 0 Å². The Kier molecular flexibility index (Phi) is 4.46. The Morgan fingerprint density at radius 1 is 1.38 bits per heavy atom. The van der Waals surface area contributed by atoms with Gasteiger partial charge in [0.2, 0.25) is 0 Å². The lowest BCUT2D eigenvalue weighted by Crippen LogP contribution is -2.29. The van der Waals surface area contributed by atoms with Crippen LogP contribution in [-0.4, -0.2) is 6.04 Å². The molecule has 1 aromatic rings. The van der Waals surface area contributed by atoms with E-state index in [1.54, 1.807) is 0 Å². The van der Waals surface area contributed by atoms with Gasteiger partial charge < -0.3 is 5.32 Å². The van der Waals surface area contributed by atoms with Gasteiger partial charge in [0.05, 0.1) is 0 Å². The summed E-state index contributed by atoms with van der Waals surface area (Å²) in [6.07, 6.45) is 2.43. The Morgan fingerprint density at radius 3 is 2.54 bits per heavy atom. The highest BCUT2D eigenvalue weighted by atomic mass is 32.1. The van der Waals surface area contributed by atoms with Gasteiger partial charge >= 0.3 is 0 Å². The molecule has 0 saturated carbocycles. The van der Waals surface area contributed by atoms with E-state index in [1.165, 1.54) is 17.7 Å². The molecule has 0 aliphatic heterocycles. The van der Waals surface area contributed by atoms with Crippen molar-refractivity contribution in [2.45, 2.75) is 45.7 Å². The topological polar surface area (TPSA) is 12.0 Å². The summed E-state index contributed by atoms with van der Waals surface area (Å²) in [6.45, 7) is 6.72. The summed E-state index contributed by atoms with van der Waals surface area (Å²) in [5.74, 6) is 0. The van der Waals surface area contributed by atoms with Crippen LogP contribution in [0.4, 0.5) is 0 Å². The van der Waals surface area contributed by atoms with Crippen LogP contribution in [0.5, 0.6) is 0 Å². The third kappa shape index (κ3) is 3.12. The minimum absolute atomic E-state index is 0.505. The molecule has 1 heterocycles. The Balaban J connectivity index is 2.45. The van der Waals surface area contributed by atoms with Gasteiger partial charge in [-0.1, -0.05) is 19.9 Å². The van der Waals surface area contributed by atoms with E-state index in [0.717, 1.165) is 0 Å². The number of hydrogen-bond acceptors (Lipinski definition) is 2. The van der Waals surface area contributed by atoms with Gasteiger partial charge in [-0.25, -0.2) is 0 Å². The highest BCUT2D eigenvalue weighted by molar-refractivity contribution is 7.10. The van der Waals surface area contributed by atoms with Crippen LogP contribution in [0.25, 0.3) is 0 Å². The summed E-state index contributed by atoms with van der Waals surface area (Å²) in [5, 5.41) is 5.77. The van der Waals surface area contributed by atoms with E-state index in [9.17, 15) is 0 Å². The lowest BCUT2D eigenvalue weighted by molar-refractivity contribution is 0.436. The summed E-state index contributed by atoms with van der Waals surface area (Å²) >= 11 is 1.83. The molecule has 1 rings (SSSR count). The van der Waals surface area contributed by atoms with Crippen LogP contribution < -0.4 is 5.32 Å². The van der Waals surface area contributed by atoms with E-state index in [1.807, 2.05) is 11.3 Å². The number of thiophene rings is 1. The molecule has 0 saturated heterocycles. The fraction of sp³-hybridized carbons (Fsp3) is 0.636. The first-order chi connectivity index (χ1) is 6.27. The third-order valence-electron chi connectivity index (χ3n) is 2.44. The second-order valence-corrected chi connectivity index (χ2v) is 4.40. The zero-order chi connectivity index (χ0) is 9.68. The first kappa shape index (κ1) is 10.7. The molecule has 2 heteroatoms. The molecule has 0 aliphatic rings. The van der Waals surface area contributed by atoms with E-state index in [2.05, 4.69) is 43.6 Å². The Bertz CT molecular complexity index is 214. The van der Waals surface area contributed by atoms with Crippen molar-refractivity contribution >= 4 is 11.3 Å². The highest BCUT2D eigenvalue weighted by Gasteiger charge is 2.10. The van der Waals surface area contributed by atoms with Crippen molar-refractivity contribution in [3.05, 3.63) is 22.4 Å². The van der Waals surface area contributed by atoms with Crippen molar-refractivity contribution in [2.75, 3.05) is 0 Å². The molecule has 1 N–H and O–H groups in total. The number of hydrogen-bond donors (Lipinski definition) is 1. The van der Waals surface area contributed by atoms with Crippen molar-refractivity contribution in [1.82, 2.24) is 5.32 Å². The summed E-state index contributed by atoms with van der Waals surface area (Å²) in [6, 6.07) is 5.48. The molecule has 0 unspecified atom stereocenters. The van der Waals surface area contributed by atoms with Gasteiger partial charge in [-0.15, -0.1) is 11.3 Å². The average Bonchev–Trinajstić information content (AvgIpc) is 2.66. The molecule has 1 atom stereocenters. The molecule has 74 valence electrons. The zero-order valence-electron chi connectivity index (χ0n) is 8.71. The van der Waals surface area contributed by atoms with Crippen molar-refractivity contribution in [3.63, 3.8) is 0 Å². The normalized spacial score (nSPS) is 13.5. The van der Waals surface area contributed by atoms with E-state index >= 15 is 0 Å². The van der Waals surface area contributed by atoms with Gasteiger partial charge in [0.25, 0.3) is 0 Å². The van der Waals surface area contributed by atoms with Crippen LogP contribution >= 0.6 is 11.3 Å². The van der Waals surface area contributed by atoms with Crippen LogP contribution in [0.2, 0.25) is 0 Å². The lowest BCUT2D eigenvalue weighted by Gasteiger charge is -2.19. The predicted octanol–water partition coefficient (Wildman–Crippen LogP) is 3.59. The van der Waals surface area contributed by atoms with Gasteiger partial charge in [-0.05, 0) is 31.2 Å². The maximum Gasteiger partial charge on any atom is 0.0388 e. The second kappa shape index (κ2) is 5.40. The first-order valence-electron chi connectivity index (χ1n) is 5.07. The van der Waals surface area contributed by atoms with Gasteiger partial charge in [0, 0.05) is 17.0 Å². The quantitative estimate of drug-likeness (QED) is 0.760. The zero-order valence-corrected chi connectivity index (χ0v) is 9.53. The molecule has 0 bridgehead atoms. The SMILES string of the molecule is CCC(CC)N[C@@H](C)c1cccs1. The van der Waals surface area contributed by atoms with Crippen LogP contribution in [-0.2, 0) is 0 Å². The number of rotatable bonds is 5. The van der Waals surface area contributed by atoms with Crippen molar-refractivity contribution in [2.24, 2.45) is 0 Å². The summed E-state index contributed by atoms with van der Waals surface area (Å²) in [7, 11) is 0. The predicted molar refractivity (Wildman–Crippen MR) is 60.2 cm³/mol. The molecule has 0 amide bonds. The molecule has 0 radical (unpaired) electrons. The largest absolute Gasteiger partial charge is 0.307 e. The minimum atomic E-state index is 0.505. The Hall–Kier alpha value is -0.340. The Labute approximate surface area is 85.2 Å². The standard InChI is InChI=1S/C11H19NS/c1-4-10(5-2)12-9(3)11-7-6-8-13-11/h6-10,12H,4-5H2,1-3H3/t9-/m0/s1. The van der Waals surface area contributed by atoms with Crippen LogP contribution in [0.3, 0.4) is 0 Å². The fourth-order valence-corrected chi connectivity index (χ4v) is 2.24. The molecule has 0 aliphatic carbocycles. The monoisotopic (exact) mass is 197 g/mol. The Morgan fingerprint density at radius 2 is 2.08 bits per heavy atom. The van der Waals surface area contributed by atoms with Gasteiger partial charge in [-0.3, -0.25) is 0 Å². The van der Waals surface area contributed by atoms with Crippen molar-refractivity contribution in [1.29, 1.82) is 0 Å². The molecule has 0 aromatic carbocycles. The average molecular weight is 197 g/mol. The van der Waals surface area contributed by atoms with Crippen molar-refractivity contribution in [3.8, 4) is 0 Å². The molecule has 0 spiro atoms. The van der Waals surface area contributed by atoms with E-state index in [-0.39, 0.29) is 0 Å². The first-order valence-corrected chi connectivity index (χ1v) is 5.95. The molecular formula is C11H19NS. The van der Waals surface area contributed by atoms with Gasteiger partial charge in [0.1, 0.15) is 0 Å². The minimum Gasteiger partial charge on any atom is -0.307 e. The maximum atomic E-state index is 3.63.